The highest BCUT2D eigenvalue weighted by Gasteiger charge is 2.29. The minimum absolute atomic E-state index is 0. The average Bonchev–Trinajstić information content (AvgIpc) is 2.83. The molecule has 1 aromatic rings. The first kappa shape index (κ1) is 17.8. The Morgan fingerprint density at radius 1 is 1.53 bits per heavy atom. The molecule has 0 aliphatic heterocycles. The third kappa shape index (κ3) is 4.77. The summed E-state index contributed by atoms with van der Waals surface area (Å²) in [7, 11) is 1.32. The summed E-state index contributed by atoms with van der Waals surface area (Å²) in [6, 6.07) is 0. The highest BCUT2D eigenvalue weighted by atomic mass is 35.5. The van der Waals surface area contributed by atoms with Gasteiger partial charge in [-0.1, -0.05) is 0 Å². The van der Waals surface area contributed by atoms with Gasteiger partial charge in [-0.05, 0) is 13.8 Å². The maximum atomic E-state index is 11.8. The van der Waals surface area contributed by atoms with Gasteiger partial charge in [0.1, 0.15) is 10.7 Å². The Hall–Kier alpha value is -1.18. The Bertz CT molecular complexity index is 448. The van der Waals surface area contributed by atoms with Gasteiger partial charge in [-0.3, -0.25) is 9.59 Å². The van der Waals surface area contributed by atoms with E-state index in [9.17, 15) is 9.59 Å². The first-order valence-electron chi connectivity index (χ1n) is 5.42. The summed E-state index contributed by atoms with van der Waals surface area (Å²) in [4.78, 5) is 27.3. The molecule has 0 bridgehead atoms. The summed E-state index contributed by atoms with van der Waals surface area (Å²) in [5.41, 5.74) is 4.97. The Balaban J connectivity index is 0.00000324. The fourth-order valence-corrected chi connectivity index (χ4v) is 1.90. The molecule has 0 fully saturated rings. The summed E-state index contributed by atoms with van der Waals surface area (Å²) in [6.45, 7) is 3.90. The minimum Gasteiger partial charge on any atom is -0.469 e. The monoisotopic (exact) mass is 307 g/mol. The molecule has 0 saturated carbocycles. The smallest absolute Gasteiger partial charge is 0.313 e. The van der Waals surface area contributed by atoms with Crippen LogP contribution in [0.5, 0.6) is 0 Å². The lowest BCUT2D eigenvalue weighted by Gasteiger charge is -2.21. The molecule has 0 saturated heterocycles. The topological polar surface area (TPSA) is 94.3 Å². The second-order valence-corrected chi connectivity index (χ2v) is 5.33. The number of carbonyl (C=O) groups is 2. The fourth-order valence-electron chi connectivity index (χ4n) is 1.25. The van der Waals surface area contributed by atoms with Gasteiger partial charge in [0.2, 0.25) is 0 Å². The molecule has 0 aromatic carbocycles. The van der Waals surface area contributed by atoms with Crippen molar-refractivity contribution < 1.29 is 14.3 Å². The largest absolute Gasteiger partial charge is 0.469 e. The van der Waals surface area contributed by atoms with Crippen LogP contribution in [0.4, 0.5) is 0 Å². The zero-order valence-corrected chi connectivity index (χ0v) is 12.7. The van der Waals surface area contributed by atoms with E-state index in [-0.39, 0.29) is 30.8 Å². The fraction of sp³-hybridized carbons (Fsp3) is 0.545. The van der Waals surface area contributed by atoms with Crippen molar-refractivity contribution >= 4 is 35.6 Å². The number of rotatable bonds is 5. The van der Waals surface area contributed by atoms with Gasteiger partial charge in [0.05, 0.1) is 12.5 Å². The molecule has 0 unspecified atom stereocenters. The van der Waals surface area contributed by atoms with Gasteiger partial charge >= 0.3 is 5.97 Å². The Morgan fingerprint density at radius 3 is 2.63 bits per heavy atom. The molecule has 0 spiro atoms. The summed E-state index contributed by atoms with van der Waals surface area (Å²) in [6.07, 6.45) is 0. The molecule has 1 aromatic heterocycles. The van der Waals surface area contributed by atoms with Crippen molar-refractivity contribution in [3.8, 4) is 0 Å². The zero-order chi connectivity index (χ0) is 13.8. The van der Waals surface area contributed by atoms with E-state index in [1.807, 2.05) is 0 Å². The van der Waals surface area contributed by atoms with Gasteiger partial charge in [-0.15, -0.1) is 23.7 Å². The van der Waals surface area contributed by atoms with Gasteiger partial charge in [0.15, 0.2) is 0 Å². The van der Waals surface area contributed by atoms with Crippen LogP contribution < -0.4 is 11.1 Å². The van der Waals surface area contributed by atoms with E-state index in [0.29, 0.717) is 17.2 Å². The molecule has 3 N–H and O–H groups in total. The number of nitrogens with zero attached hydrogens (tertiary/aromatic N) is 1. The van der Waals surface area contributed by atoms with E-state index < -0.39 is 5.41 Å². The van der Waals surface area contributed by atoms with Gasteiger partial charge in [0.25, 0.3) is 5.91 Å². The Labute approximate surface area is 122 Å². The quantitative estimate of drug-likeness (QED) is 0.790. The van der Waals surface area contributed by atoms with Gasteiger partial charge in [-0.25, -0.2) is 4.98 Å². The van der Waals surface area contributed by atoms with Gasteiger partial charge < -0.3 is 15.8 Å². The number of thiazole rings is 1. The number of hydrogen-bond acceptors (Lipinski definition) is 6. The van der Waals surface area contributed by atoms with Crippen molar-refractivity contribution in [3.63, 3.8) is 0 Å². The molecule has 8 heteroatoms. The lowest BCUT2D eigenvalue weighted by Crippen LogP contribution is -2.39. The summed E-state index contributed by atoms with van der Waals surface area (Å²) in [5, 5.41) is 5.00. The number of nitrogens with two attached hydrogens (primary N) is 1. The van der Waals surface area contributed by atoms with Crippen molar-refractivity contribution in [2.75, 3.05) is 13.7 Å². The normalized spacial score (nSPS) is 10.5. The van der Waals surface area contributed by atoms with Crippen molar-refractivity contribution in [2.45, 2.75) is 20.4 Å². The van der Waals surface area contributed by atoms with E-state index in [4.69, 9.17) is 5.73 Å². The van der Waals surface area contributed by atoms with Crippen LogP contribution in [0.2, 0.25) is 0 Å². The number of hydrogen-bond donors (Lipinski definition) is 2. The van der Waals surface area contributed by atoms with Crippen LogP contribution in [-0.2, 0) is 16.1 Å². The number of carbonyl (C=O) groups excluding carboxylic acids is 2. The number of nitrogens with one attached hydrogen (secondary N) is 1. The lowest BCUT2D eigenvalue weighted by molar-refractivity contribution is -0.150. The molecule has 6 nitrogen and oxygen atoms in total. The zero-order valence-electron chi connectivity index (χ0n) is 11.1. The van der Waals surface area contributed by atoms with E-state index in [0.717, 1.165) is 0 Å². The minimum atomic E-state index is -0.767. The predicted molar refractivity (Wildman–Crippen MR) is 75.4 cm³/mol. The third-order valence-electron chi connectivity index (χ3n) is 2.39. The lowest BCUT2D eigenvalue weighted by atomic mass is 9.94. The molecule has 108 valence electrons. The van der Waals surface area contributed by atoms with Crippen LogP contribution >= 0.6 is 23.7 Å². The number of methoxy groups -OCH3 is 1. The average molecular weight is 308 g/mol. The molecule has 1 amide bonds. The second kappa shape index (κ2) is 7.42. The van der Waals surface area contributed by atoms with Crippen molar-refractivity contribution in [3.05, 3.63) is 16.1 Å². The van der Waals surface area contributed by atoms with Crippen LogP contribution in [0.3, 0.4) is 0 Å². The number of esters is 1. The van der Waals surface area contributed by atoms with Crippen LogP contribution in [0.1, 0.15) is 29.3 Å². The molecule has 19 heavy (non-hydrogen) atoms. The molecule has 1 heterocycles. The molecule has 0 aliphatic rings. The van der Waals surface area contributed by atoms with Gasteiger partial charge in [0, 0.05) is 18.5 Å². The van der Waals surface area contributed by atoms with Crippen molar-refractivity contribution in [2.24, 2.45) is 11.1 Å². The Morgan fingerprint density at radius 2 is 2.16 bits per heavy atom. The molecular weight excluding hydrogens is 290 g/mol. The third-order valence-corrected chi connectivity index (χ3v) is 3.26. The van der Waals surface area contributed by atoms with Crippen LogP contribution in [0, 0.1) is 5.41 Å². The molecule has 0 aliphatic carbocycles. The second-order valence-electron chi connectivity index (χ2n) is 4.39. The van der Waals surface area contributed by atoms with Gasteiger partial charge in [-0.2, -0.15) is 0 Å². The maximum Gasteiger partial charge on any atom is 0.313 e. The van der Waals surface area contributed by atoms with Crippen LogP contribution in [-0.4, -0.2) is 30.5 Å². The molecule has 0 radical (unpaired) electrons. The predicted octanol–water partition coefficient (Wildman–Crippen LogP) is 0.953. The molecule has 1 rings (SSSR count). The van der Waals surface area contributed by atoms with E-state index >= 15 is 0 Å². The SMILES string of the molecule is COC(=O)C(C)(C)CNC(=O)c1csc(CN)n1.Cl. The van der Waals surface area contributed by atoms with Crippen LogP contribution in [0.25, 0.3) is 0 Å². The number of amides is 1. The molecule has 0 atom stereocenters. The first-order valence-corrected chi connectivity index (χ1v) is 6.29. The Kier molecular flexibility index (Phi) is 6.96. The standard InChI is InChI=1S/C11H17N3O3S.ClH/c1-11(2,10(16)17-3)6-13-9(15)7-5-18-8(4-12)14-7;/h5H,4,6,12H2,1-3H3,(H,13,15);1H. The number of halogens is 1. The van der Waals surface area contributed by atoms with E-state index in [2.05, 4.69) is 15.0 Å². The summed E-state index contributed by atoms with van der Waals surface area (Å²) in [5.74, 6) is -0.688. The van der Waals surface area contributed by atoms with Crippen molar-refractivity contribution in [1.82, 2.24) is 10.3 Å². The maximum absolute atomic E-state index is 11.8. The summed E-state index contributed by atoms with van der Waals surface area (Å²) < 4.78 is 4.65. The first-order chi connectivity index (χ1) is 8.40. The van der Waals surface area contributed by atoms with Crippen molar-refractivity contribution in [1.29, 1.82) is 0 Å². The number of ether oxygens (including phenoxy) is 1. The highest BCUT2D eigenvalue weighted by molar-refractivity contribution is 7.09. The number of aromatic nitrogens is 1. The van der Waals surface area contributed by atoms with E-state index in [1.54, 1.807) is 19.2 Å². The molecular formula is C11H18ClN3O3S. The van der Waals surface area contributed by atoms with E-state index in [1.165, 1.54) is 18.4 Å². The summed E-state index contributed by atoms with van der Waals surface area (Å²) >= 11 is 1.33. The highest BCUT2D eigenvalue weighted by Crippen LogP contribution is 2.16. The van der Waals surface area contributed by atoms with Crippen LogP contribution in [0.15, 0.2) is 5.38 Å².